The van der Waals surface area contributed by atoms with Crippen molar-refractivity contribution in [3.05, 3.63) is 39.5 Å². The summed E-state index contributed by atoms with van der Waals surface area (Å²) in [7, 11) is 0. The highest BCUT2D eigenvalue weighted by molar-refractivity contribution is 14.1. The van der Waals surface area contributed by atoms with Crippen LogP contribution >= 0.6 is 22.6 Å². The molecule has 0 aliphatic rings. The maximum absolute atomic E-state index is 12.6. The summed E-state index contributed by atoms with van der Waals surface area (Å²) in [4.78, 5) is 3.71. The lowest BCUT2D eigenvalue weighted by Gasteiger charge is -2.13. The van der Waals surface area contributed by atoms with E-state index in [1.165, 1.54) is 0 Å². The molecule has 20 heavy (non-hydrogen) atoms. The Kier molecular flexibility index (Phi) is 3.73. The van der Waals surface area contributed by atoms with Gasteiger partial charge in [0.2, 0.25) is 0 Å². The number of hydrogen-bond donors (Lipinski definition) is 0. The molecule has 0 fully saturated rings. The molecule has 0 saturated heterocycles. The Morgan fingerprint density at radius 3 is 1.75 bits per heavy atom. The van der Waals surface area contributed by atoms with E-state index in [0.717, 1.165) is 6.26 Å². The number of aromatic nitrogens is 1. The van der Waals surface area contributed by atoms with Crippen molar-refractivity contribution in [1.82, 2.24) is 4.98 Å². The minimum atomic E-state index is -4.88. The van der Waals surface area contributed by atoms with Crippen molar-refractivity contribution in [2.75, 3.05) is 0 Å². The van der Waals surface area contributed by atoms with E-state index < -0.39 is 23.5 Å². The summed E-state index contributed by atoms with van der Waals surface area (Å²) in [5.74, 6) is 0. The van der Waals surface area contributed by atoms with Gasteiger partial charge in [0.25, 0.3) is 3.90 Å². The lowest BCUT2D eigenvalue weighted by molar-refractivity contribution is -0.143. The summed E-state index contributed by atoms with van der Waals surface area (Å²) < 4.78 is 80.8. The average Bonchev–Trinajstić information content (AvgIpc) is 2.73. The van der Waals surface area contributed by atoms with E-state index in [0.29, 0.717) is 12.1 Å². The van der Waals surface area contributed by atoms with E-state index >= 15 is 0 Å². The van der Waals surface area contributed by atoms with E-state index in [4.69, 9.17) is 4.42 Å². The standard InChI is InChI=1S/C11H4F6INO/c12-10(13,14)6-1-5(8-4-20-9(18)19-8)2-7(3-6)11(15,16)17/h1-4H. The maximum atomic E-state index is 12.6. The number of benzene rings is 1. The van der Waals surface area contributed by atoms with Crippen molar-refractivity contribution in [1.29, 1.82) is 0 Å². The summed E-state index contributed by atoms with van der Waals surface area (Å²) in [5, 5.41) is 0. The first kappa shape index (κ1) is 15.1. The zero-order chi connectivity index (χ0) is 15.1. The topological polar surface area (TPSA) is 26.0 Å². The molecular weight excluding hydrogens is 403 g/mol. The maximum Gasteiger partial charge on any atom is 0.416 e. The lowest BCUT2D eigenvalue weighted by atomic mass is 10.0. The van der Waals surface area contributed by atoms with Crippen LogP contribution in [-0.4, -0.2) is 4.98 Å². The van der Waals surface area contributed by atoms with Gasteiger partial charge in [-0.1, -0.05) is 0 Å². The molecule has 0 saturated carbocycles. The first-order chi connectivity index (χ1) is 9.07. The molecule has 0 aliphatic heterocycles. The predicted octanol–water partition coefficient (Wildman–Crippen LogP) is 4.98. The molecule has 0 amide bonds. The summed E-state index contributed by atoms with van der Waals surface area (Å²) in [6, 6.07) is 1.26. The summed E-state index contributed by atoms with van der Waals surface area (Å²) >= 11 is 1.65. The van der Waals surface area contributed by atoms with Crippen LogP contribution in [0.3, 0.4) is 0 Å². The molecule has 0 atom stereocenters. The molecule has 0 unspecified atom stereocenters. The number of rotatable bonds is 1. The van der Waals surface area contributed by atoms with Crippen LogP contribution in [0.5, 0.6) is 0 Å². The third-order valence-corrected chi connectivity index (χ3v) is 2.86. The summed E-state index contributed by atoms with van der Waals surface area (Å²) in [6.07, 6.45) is -8.77. The van der Waals surface area contributed by atoms with Gasteiger partial charge in [-0.3, -0.25) is 0 Å². The fraction of sp³-hybridized carbons (Fsp3) is 0.182. The normalized spacial score (nSPS) is 12.8. The molecule has 0 radical (unpaired) electrons. The van der Waals surface area contributed by atoms with Gasteiger partial charge in [0.05, 0.1) is 11.1 Å². The molecule has 2 rings (SSSR count). The molecule has 108 valence electrons. The van der Waals surface area contributed by atoms with Crippen LogP contribution in [-0.2, 0) is 12.4 Å². The molecule has 1 heterocycles. The van der Waals surface area contributed by atoms with Crippen molar-refractivity contribution in [3.63, 3.8) is 0 Å². The Morgan fingerprint density at radius 2 is 1.40 bits per heavy atom. The van der Waals surface area contributed by atoms with Crippen molar-refractivity contribution in [2.45, 2.75) is 12.4 Å². The molecule has 9 heteroatoms. The molecule has 1 aromatic carbocycles. The average molecular weight is 407 g/mol. The SMILES string of the molecule is FC(F)(F)c1cc(-c2coc(I)n2)cc(C(F)(F)F)c1. The van der Waals surface area contributed by atoms with Crippen molar-refractivity contribution in [3.8, 4) is 11.3 Å². The third kappa shape index (κ3) is 3.25. The van der Waals surface area contributed by atoms with Gasteiger partial charge in [-0.2, -0.15) is 26.3 Å². The number of oxazole rings is 1. The highest BCUT2D eigenvalue weighted by Crippen LogP contribution is 2.38. The van der Waals surface area contributed by atoms with Gasteiger partial charge in [-0.05, 0) is 18.2 Å². The molecule has 2 aromatic rings. The number of hydrogen-bond acceptors (Lipinski definition) is 2. The van der Waals surface area contributed by atoms with Crippen molar-refractivity contribution in [2.24, 2.45) is 0 Å². The molecule has 0 aliphatic carbocycles. The third-order valence-electron chi connectivity index (χ3n) is 2.36. The fourth-order valence-corrected chi connectivity index (χ4v) is 1.87. The van der Waals surface area contributed by atoms with Gasteiger partial charge in [0.1, 0.15) is 12.0 Å². The van der Waals surface area contributed by atoms with Crippen LogP contribution < -0.4 is 0 Å². The number of halogens is 7. The summed E-state index contributed by atoms with van der Waals surface area (Å²) in [5.41, 5.74) is -3.18. The molecule has 0 N–H and O–H groups in total. The lowest BCUT2D eigenvalue weighted by Crippen LogP contribution is -2.11. The van der Waals surface area contributed by atoms with Gasteiger partial charge in [0, 0.05) is 28.2 Å². The highest BCUT2D eigenvalue weighted by atomic mass is 127. The van der Waals surface area contributed by atoms with Gasteiger partial charge in [-0.15, -0.1) is 0 Å². The predicted molar refractivity (Wildman–Crippen MR) is 64.7 cm³/mol. The van der Waals surface area contributed by atoms with Crippen LogP contribution in [0.1, 0.15) is 11.1 Å². The quantitative estimate of drug-likeness (QED) is 0.492. The van der Waals surface area contributed by atoms with Crippen LogP contribution in [0.2, 0.25) is 0 Å². The van der Waals surface area contributed by atoms with Crippen LogP contribution in [0, 0.1) is 3.90 Å². The van der Waals surface area contributed by atoms with Crippen LogP contribution in [0.25, 0.3) is 11.3 Å². The summed E-state index contributed by atoms with van der Waals surface area (Å²) in [6.45, 7) is 0. The second-order valence-electron chi connectivity index (χ2n) is 3.78. The second-order valence-corrected chi connectivity index (χ2v) is 4.70. The van der Waals surface area contributed by atoms with Crippen molar-refractivity contribution >= 4 is 22.6 Å². The molecule has 2 nitrogen and oxygen atoms in total. The van der Waals surface area contributed by atoms with Gasteiger partial charge < -0.3 is 4.42 Å². The number of nitrogens with zero attached hydrogens (tertiary/aromatic N) is 1. The van der Waals surface area contributed by atoms with Crippen LogP contribution in [0.4, 0.5) is 26.3 Å². The van der Waals surface area contributed by atoms with Crippen molar-refractivity contribution < 1.29 is 30.8 Å². The zero-order valence-corrected chi connectivity index (χ0v) is 11.5. The fourth-order valence-electron chi connectivity index (χ4n) is 1.49. The Hall–Kier alpha value is -1.26. The van der Waals surface area contributed by atoms with E-state index in [2.05, 4.69) is 4.98 Å². The minimum absolute atomic E-state index is 0.0640. The second kappa shape index (κ2) is 4.93. The van der Waals surface area contributed by atoms with E-state index in [1.807, 2.05) is 0 Å². The minimum Gasteiger partial charge on any atom is -0.440 e. The Labute approximate surface area is 121 Å². The van der Waals surface area contributed by atoms with E-state index in [9.17, 15) is 26.3 Å². The molecule has 0 spiro atoms. The Balaban J connectivity index is 2.63. The Bertz CT molecular complexity index is 598. The van der Waals surface area contributed by atoms with Gasteiger partial charge in [-0.25, -0.2) is 4.98 Å². The molecule has 1 aromatic heterocycles. The first-order valence-electron chi connectivity index (χ1n) is 4.98. The highest BCUT2D eigenvalue weighted by Gasteiger charge is 2.37. The van der Waals surface area contributed by atoms with E-state index in [-0.39, 0.29) is 21.2 Å². The van der Waals surface area contributed by atoms with Gasteiger partial charge >= 0.3 is 12.4 Å². The monoisotopic (exact) mass is 407 g/mol. The Morgan fingerprint density at radius 1 is 0.900 bits per heavy atom. The smallest absolute Gasteiger partial charge is 0.416 e. The van der Waals surface area contributed by atoms with Crippen LogP contribution in [0.15, 0.2) is 28.9 Å². The number of alkyl halides is 6. The molecule has 0 bridgehead atoms. The van der Waals surface area contributed by atoms with E-state index in [1.54, 1.807) is 22.6 Å². The zero-order valence-electron chi connectivity index (χ0n) is 9.31. The van der Waals surface area contributed by atoms with Gasteiger partial charge in [0.15, 0.2) is 0 Å². The molecular formula is C11H4F6INO. The largest absolute Gasteiger partial charge is 0.440 e. The first-order valence-corrected chi connectivity index (χ1v) is 6.06.